The highest BCUT2D eigenvalue weighted by molar-refractivity contribution is 6.00. The Kier molecular flexibility index (Phi) is 9.51. The zero-order chi connectivity index (χ0) is 26.9. The van der Waals surface area contributed by atoms with Gasteiger partial charge in [-0.3, -0.25) is 9.59 Å². The van der Waals surface area contributed by atoms with Crippen LogP contribution in [0.3, 0.4) is 0 Å². The number of amides is 2. The number of nitrogens with zero attached hydrogens (tertiary/aromatic N) is 1. The summed E-state index contributed by atoms with van der Waals surface area (Å²) < 4.78 is 0. The number of hydrogen-bond donors (Lipinski definition) is 4. The molecule has 200 valence electrons. The number of aliphatic hydroxyl groups excluding tert-OH is 1. The maximum Gasteiger partial charge on any atom is 0.251 e. The molecule has 2 amide bonds. The molecule has 0 bridgehead atoms. The molecule has 3 aromatic rings. The van der Waals surface area contributed by atoms with Gasteiger partial charge in [-0.15, -0.1) is 0 Å². The summed E-state index contributed by atoms with van der Waals surface area (Å²) >= 11 is 0. The number of aliphatic hydroxyl groups is 1. The Morgan fingerprint density at radius 1 is 1.03 bits per heavy atom. The van der Waals surface area contributed by atoms with Crippen molar-refractivity contribution in [3.63, 3.8) is 0 Å². The zero-order valence-corrected chi connectivity index (χ0v) is 22.2. The minimum absolute atomic E-state index is 0.0521. The average Bonchev–Trinajstić information content (AvgIpc) is 3.38. The molecule has 1 unspecified atom stereocenters. The Labute approximate surface area is 225 Å². The molecule has 1 aliphatic rings. The molecule has 1 saturated heterocycles. The molecule has 0 radical (unpaired) electrons. The van der Waals surface area contributed by atoms with Crippen molar-refractivity contribution >= 4 is 23.2 Å². The van der Waals surface area contributed by atoms with Crippen LogP contribution in [0.1, 0.15) is 54.2 Å². The van der Waals surface area contributed by atoms with Gasteiger partial charge in [0.15, 0.2) is 0 Å². The molecular weight excluding hydrogens is 476 g/mol. The number of anilines is 2. The molecule has 3 atom stereocenters. The summed E-state index contributed by atoms with van der Waals surface area (Å²) in [5.41, 5.74) is 4.11. The van der Waals surface area contributed by atoms with Gasteiger partial charge in [0.2, 0.25) is 5.91 Å². The fraction of sp³-hybridized carbons (Fsp3) is 0.355. The van der Waals surface area contributed by atoms with E-state index in [0.717, 1.165) is 28.9 Å². The first kappa shape index (κ1) is 27.4. The Bertz CT molecular complexity index is 1200. The van der Waals surface area contributed by atoms with E-state index in [0.29, 0.717) is 38.0 Å². The maximum absolute atomic E-state index is 13.5. The van der Waals surface area contributed by atoms with Crippen LogP contribution in [0.15, 0.2) is 78.9 Å². The standard InChI is InChI=1S/C31H38N4O3/c1-3-32-26-18-25(19-27(20-26)35-16-10-15-30(35)37)31(38)34-28(17-23-11-6-4-7-12-23)29(36)21-33-22(2)24-13-8-5-9-14-24/h4-9,11-14,18-20,22,28-29,32-33,36H,3,10,15-17,21H2,1-2H3,(H,34,38)/t22-,28?,29+/m0/s1. The van der Waals surface area contributed by atoms with Crippen LogP contribution in [0.25, 0.3) is 0 Å². The van der Waals surface area contributed by atoms with E-state index in [-0.39, 0.29) is 17.9 Å². The molecule has 0 aliphatic carbocycles. The van der Waals surface area contributed by atoms with Gasteiger partial charge < -0.3 is 26.0 Å². The van der Waals surface area contributed by atoms with E-state index in [9.17, 15) is 14.7 Å². The van der Waals surface area contributed by atoms with Gasteiger partial charge in [0, 0.05) is 49.0 Å². The summed E-state index contributed by atoms with van der Waals surface area (Å²) in [7, 11) is 0. The van der Waals surface area contributed by atoms with Crippen molar-refractivity contribution in [3.05, 3.63) is 95.6 Å². The topological polar surface area (TPSA) is 93.7 Å². The smallest absolute Gasteiger partial charge is 0.251 e. The predicted octanol–water partition coefficient (Wildman–Crippen LogP) is 4.30. The van der Waals surface area contributed by atoms with E-state index in [1.165, 1.54) is 0 Å². The van der Waals surface area contributed by atoms with E-state index in [1.54, 1.807) is 17.0 Å². The van der Waals surface area contributed by atoms with Gasteiger partial charge in [0.25, 0.3) is 5.91 Å². The van der Waals surface area contributed by atoms with Gasteiger partial charge in [-0.2, -0.15) is 0 Å². The van der Waals surface area contributed by atoms with E-state index in [4.69, 9.17) is 0 Å². The molecule has 38 heavy (non-hydrogen) atoms. The Morgan fingerprint density at radius 3 is 2.39 bits per heavy atom. The van der Waals surface area contributed by atoms with Crippen LogP contribution in [0.5, 0.6) is 0 Å². The first-order valence-corrected chi connectivity index (χ1v) is 13.4. The van der Waals surface area contributed by atoms with Crippen molar-refractivity contribution < 1.29 is 14.7 Å². The van der Waals surface area contributed by atoms with Crippen molar-refractivity contribution in [1.82, 2.24) is 10.6 Å². The Balaban J connectivity index is 1.52. The molecule has 0 aromatic heterocycles. The van der Waals surface area contributed by atoms with Gasteiger partial charge in [0.05, 0.1) is 12.1 Å². The molecule has 1 fully saturated rings. The molecule has 7 heteroatoms. The van der Waals surface area contributed by atoms with Crippen molar-refractivity contribution in [2.75, 3.05) is 29.9 Å². The Morgan fingerprint density at radius 2 is 1.74 bits per heavy atom. The second-order valence-corrected chi connectivity index (χ2v) is 9.83. The quantitative estimate of drug-likeness (QED) is 0.289. The van der Waals surface area contributed by atoms with Gasteiger partial charge in [-0.25, -0.2) is 0 Å². The summed E-state index contributed by atoms with van der Waals surface area (Å²) in [5, 5.41) is 21.0. The maximum atomic E-state index is 13.5. The van der Waals surface area contributed by atoms with E-state index >= 15 is 0 Å². The number of carbonyl (C=O) groups excluding carboxylic acids is 2. The minimum atomic E-state index is -0.818. The third kappa shape index (κ3) is 7.21. The lowest BCUT2D eigenvalue weighted by Gasteiger charge is -2.27. The van der Waals surface area contributed by atoms with E-state index in [2.05, 4.69) is 22.9 Å². The number of nitrogens with one attached hydrogen (secondary N) is 3. The first-order chi connectivity index (χ1) is 18.4. The summed E-state index contributed by atoms with van der Waals surface area (Å²) in [4.78, 5) is 27.7. The predicted molar refractivity (Wildman–Crippen MR) is 152 cm³/mol. The summed E-state index contributed by atoms with van der Waals surface area (Å²) in [6.07, 6.45) is 1.000. The fourth-order valence-electron chi connectivity index (χ4n) is 4.83. The normalized spacial score (nSPS) is 15.7. The zero-order valence-electron chi connectivity index (χ0n) is 22.2. The molecule has 1 heterocycles. The van der Waals surface area contributed by atoms with Gasteiger partial charge in [-0.05, 0) is 56.0 Å². The molecule has 3 aromatic carbocycles. The van der Waals surface area contributed by atoms with Crippen LogP contribution in [0.2, 0.25) is 0 Å². The second kappa shape index (κ2) is 13.2. The highest BCUT2D eigenvalue weighted by Crippen LogP contribution is 2.27. The van der Waals surface area contributed by atoms with Crippen LogP contribution in [0, 0.1) is 0 Å². The summed E-state index contributed by atoms with van der Waals surface area (Å²) in [6, 6.07) is 24.9. The number of hydrogen-bond acceptors (Lipinski definition) is 5. The van der Waals surface area contributed by atoms with E-state index < -0.39 is 12.1 Å². The summed E-state index contributed by atoms with van der Waals surface area (Å²) in [6.45, 7) is 5.71. The second-order valence-electron chi connectivity index (χ2n) is 9.83. The van der Waals surface area contributed by atoms with Gasteiger partial charge in [0.1, 0.15) is 0 Å². The largest absolute Gasteiger partial charge is 0.390 e. The summed E-state index contributed by atoms with van der Waals surface area (Å²) in [5.74, 6) is -0.213. The van der Waals surface area contributed by atoms with Crippen molar-refractivity contribution in [3.8, 4) is 0 Å². The van der Waals surface area contributed by atoms with Crippen molar-refractivity contribution in [1.29, 1.82) is 0 Å². The highest BCUT2D eigenvalue weighted by atomic mass is 16.3. The molecule has 0 saturated carbocycles. The van der Waals surface area contributed by atoms with Crippen molar-refractivity contribution in [2.24, 2.45) is 0 Å². The lowest BCUT2D eigenvalue weighted by Crippen LogP contribution is -2.49. The monoisotopic (exact) mass is 514 g/mol. The van der Waals surface area contributed by atoms with Crippen molar-refractivity contribution in [2.45, 2.75) is 51.3 Å². The number of benzene rings is 3. The highest BCUT2D eigenvalue weighted by Gasteiger charge is 2.26. The molecule has 4 rings (SSSR count). The first-order valence-electron chi connectivity index (χ1n) is 13.4. The molecule has 1 aliphatic heterocycles. The minimum Gasteiger partial charge on any atom is -0.390 e. The lowest BCUT2D eigenvalue weighted by atomic mass is 9.99. The Hall–Kier alpha value is -3.68. The third-order valence-electron chi connectivity index (χ3n) is 6.96. The van der Waals surface area contributed by atoms with Crippen LogP contribution in [-0.2, 0) is 11.2 Å². The van der Waals surface area contributed by atoms with Crippen LogP contribution >= 0.6 is 0 Å². The van der Waals surface area contributed by atoms with Crippen LogP contribution in [-0.4, -0.2) is 48.7 Å². The average molecular weight is 515 g/mol. The third-order valence-corrected chi connectivity index (χ3v) is 6.96. The van der Waals surface area contributed by atoms with E-state index in [1.807, 2.05) is 73.7 Å². The fourth-order valence-corrected chi connectivity index (χ4v) is 4.83. The van der Waals surface area contributed by atoms with Gasteiger partial charge in [-0.1, -0.05) is 60.7 Å². The molecule has 7 nitrogen and oxygen atoms in total. The SMILES string of the molecule is CCNc1cc(C(=O)NC(Cc2ccccc2)[C@H](O)CN[C@@H](C)c2ccccc2)cc(N2CCCC2=O)c1. The van der Waals surface area contributed by atoms with Crippen LogP contribution < -0.4 is 20.9 Å². The number of carbonyl (C=O) groups is 2. The van der Waals surface area contributed by atoms with Gasteiger partial charge >= 0.3 is 0 Å². The van der Waals surface area contributed by atoms with Crippen LogP contribution in [0.4, 0.5) is 11.4 Å². The molecule has 0 spiro atoms. The molecular formula is C31H38N4O3. The molecule has 4 N–H and O–H groups in total. The number of rotatable bonds is 12. The lowest BCUT2D eigenvalue weighted by molar-refractivity contribution is -0.117.